The molecule has 1 aliphatic rings. The minimum atomic E-state index is -0.607. The highest BCUT2D eigenvalue weighted by molar-refractivity contribution is 5.94. The number of fused-ring (bicyclic) bond motifs is 1. The van der Waals surface area contributed by atoms with Gasteiger partial charge in [-0.15, -0.1) is 0 Å². The van der Waals surface area contributed by atoms with E-state index in [2.05, 4.69) is 16.0 Å². The standard InChI is InChI=1S/C15H19N3O/c1-10-7-14(18-6-5-15(2,19)9-18)12-8-11(16)3-4-13(12)17-10/h3-4,7-8,19H,5-6,9,16H2,1-2H3. The van der Waals surface area contributed by atoms with Gasteiger partial charge in [-0.2, -0.15) is 0 Å². The third-order valence-electron chi connectivity index (χ3n) is 3.73. The molecule has 4 nitrogen and oxygen atoms in total. The lowest BCUT2D eigenvalue weighted by molar-refractivity contribution is 0.0839. The number of rotatable bonds is 1. The number of nitrogens with zero attached hydrogens (tertiary/aromatic N) is 2. The molecule has 0 spiro atoms. The number of aliphatic hydroxyl groups is 1. The smallest absolute Gasteiger partial charge is 0.0810 e. The average Bonchev–Trinajstić information content (AvgIpc) is 2.69. The fraction of sp³-hybridized carbons (Fsp3) is 0.400. The van der Waals surface area contributed by atoms with Gasteiger partial charge >= 0.3 is 0 Å². The van der Waals surface area contributed by atoms with Gasteiger partial charge in [0.05, 0.1) is 11.1 Å². The Bertz CT molecular complexity index is 637. The molecule has 3 N–H and O–H groups in total. The lowest BCUT2D eigenvalue weighted by atomic mass is 10.1. The zero-order chi connectivity index (χ0) is 13.6. The number of nitrogen functional groups attached to an aromatic ring is 1. The van der Waals surface area contributed by atoms with Crippen LogP contribution in [0.3, 0.4) is 0 Å². The van der Waals surface area contributed by atoms with Crippen molar-refractivity contribution in [2.45, 2.75) is 25.9 Å². The third-order valence-corrected chi connectivity index (χ3v) is 3.73. The van der Waals surface area contributed by atoms with E-state index in [4.69, 9.17) is 5.73 Å². The number of hydrogen-bond acceptors (Lipinski definition) is 4. The number of nitrogens with two attached hydrogens (primary N) is 1. The van der Waals surface area contributed by atoms with Crippen molar-refractivity contribution in [2.75, 3.05) is 23.7 Å². The molecule has 0 amide bonds. The van der Waals surface area contributed by atoms with Gasteiger partial charge in [-0.1, -0.05) is 0 Å². The van der Waals surface area contributed by atoms with Gasteiger partial charge in [-0.25, -0.2) is 0 Å². The number of pyridine rings is 1. The summed E-state index contributed by atoms with van der Waals surface area (Å²) in [6, 6.07) is 7.86. The molecule has 1 aromatic carbocycles. The fourth-order valence-corrected chi connectivity index (χ4v) is 2.77. The number of anilines is 2. The molecule has 2 aromatic rings. The Morgan fingerprint density at radius 3 is 2.84 bits per heavy atom. The number of benzene rings is 1. The number of β-amino-alcohol motifs (C(OH)–C–C–N with tert-alkyl or cyclic N) is 1. The SMILES string of the molecule is Cc1cc(N2CCC(C)(O)C2)c2cc(N)ccc2n1. The van der Waals surface area contributed by atoms with Crippen molar-refractivity contribution >= 4 is 22.3 Å². The summed E-state index contributed by atoms with van der Waals surface area (Å²) in [5.74, 6) is 0. The van der Waals surface area contributed by atoms with Crippen LogP contribution in [0.15, 0.2) is 24.3 Å². The first-order valence-electron chi connectivity index (χ1n) is 6.59. The summed E-state index contributed by atoms with van der Waals surface area (Å²) >= 11 is 0. The van der Waals surface area contributed by atoms with Gasteiger partial charge in [0.25, 0.3) is 0 Å². The normalized spacial score (nSPS) is 23.2. The van der Waals surface area contributed by atoms with Crippen molar-refractivity contribution in [1.29, 1.82) is 0 Å². The van der Waals surface area contributed by atoms with Crippen LogP contribution in [0, 0.1) is 6.92 Å². The molecular weight excluding hydrogens is 238 g/mol. The van der Waals surface area contributed by atoms with Gasteiger partial charge in [-0.05, 0) is 44.5 Å². The van der Waals surface area contributed by atoms with E-state index in [0.717, 1.165) is 40.9 Å². The highest BCUT2D eigenvalue weighted by Gasteiger charge is 2.32. The molecule has 100 valence electrons. The Morgan fingerprint density at radius 2 is 2.16 bits per heavy atom. The van der Waals surface area contributed by atoms with Crippen LogP contribution in [0.4, 0.5) is 11.4 Å². The molecule has 3 rings (SSSR count). The Kier molecular flexibility index (Phi) is 2.64. The minimum absolute atomic E-state index is 0.607. The van der Waals surface area contributed by atoms with E-state index in [1.807, 2.05) is 32.0 Å². The molecule has 0 radical (unpaired) electrons. The second-order valence-electron chi connectivity index (χ2n) is 5.73. The van der Waals surface area contributed by atoms with Crippen LogP contribution in [-0.4, -0.2) is 28.8 Å². The van der Waals surface area contributed by atoms with E-state index in [1.54, 1.807) is 0 Å². The van der Waals surface area contributed by atoms with Crippen LogP contribution >= 0.6 is 0 Å². The van der Waals surface area contributed by atoms with E-state index < -0.39 is 5.60 Å². The van der Waals surface area contributed by atoms with E-state index in [9.17, 15) is 5.11 Å². The molecule has 1 aromatic heterocycles. The molecule has 4 heteroatoms. The van der Waals surface area contributed by atoms with Gasteiger partial charge in [0.1, 0.15) is 0 Å². The molecule has 1 aliphatic heterocycles. The molecule has 0 saturated carbocycles. The quantitative estimate of drug-likeness (QED) is 0.768. The lowest BCUT2D eigenvalue weighted by Gasteiger charge is -2.23. The number of aromatic nitrogens is 1. The average molecular weight is 257 g/mol. The van der Waals surface area contributed by atoms with Gasteiger partial charge in [0.2, 0.25) is 0 Å². The maximum absolute atomic E-state index is 10.1. The second kappa shape index (κ2) is 4.10. The minimum Gasteiger partial charge on any atom is -0.399 e. The predicted octanol–water partition coefficient (Wildman–Crippen LogP) is 2.09. The molecule has 2 heterocycles. The Balaban J connectivity index is 2.14. The third kappa shape index (κ3) is 2.24. The van der Waals surface area contributed by atoms with E-state index >= 15 is 0 Å². The van der Waals surface area contributed by atoms with Gasteiger partial charge in [-0.3, -0.25) is 4.98 Å². The van der Waals surface area contributed by atoms with E-state index in [1.165, 1.54) is 0 Å². The fourth-order valence-electron chi connectivity index (χ4n) is 2.77. The van der Waals surface area contributed by atoms with E-state index in [-0.39, 0.29) is 0 Å². The Labute approximate surface area is 112 Å². The molecular formula is C15H19N3O. The lowest BCUT2D eigenvalue weighted by Crippen LogP contribution is -2.29. The number of aryl methyl sites for hydroxylation is 1. The molecule has 1 atom stereocenters. The van der Waals surface area contributed by atoms with Crippen LogP contribution in [0.2, 0.25) is 0 Å². The molecule has 1 fully saturated rings. The summed E-state index contributed by atoms with van der Waals surface area (Å²) in [5.41, 5.74) is 9.08. The Hall–Kier alpha value is -1.81. The topological polar surface area (TPSA) is 62.4 Å². The van der Waals surface area contributed by atoms with Crippen LogP contribution in [0.25, 0.3) is 10.9 Å². The summed E-state index contributed by atoms with van der Waals surface area (Å²) in [7, 11) is 0. The summed E-state index contributed by atoms with van der Waals surface area (Å²) < 4.78 is 0. The summed E-state index contributed by atoms with van der Waals surface area (Å²) in [4.78, 5) is 6.76. The zero-order valence-corrected chi connectivity index (χ0v) is 11.3. The highest BCUT2D eigenvalue weighted by Crippen LogP contribution is 2.33. The maximum Gasteiger partial charge on any atom is 0.0810 e. The molecule has 0 bridgehead atoms. The highest BCUT2D eigenvalue weighted by atomic mass is 16.3. The van der Waals surface area contributed by atoms with Crippen LogP contribution in [0.1, 0.15) is 19.0 Å². The van der Waals surface area contributed by atoms with Gasteiger partial charge in [0, 0.05) is 35.5 Å². The van der Waals surface area contributed by atoms with Crippen molar-refractivity contribution in [3.63, 3.8) is 0 Å². The first-order valence-corrected chi connectivity index (χ1v) is 6.59. The predicted molar refractivity (Wildman–Crippen MR) is 78.3 cm³/mol. The van der Waals surface area contributed by atoms with Crippen LogP contribution in [0.5, 0.6) is 0 Å². The molecule has 1 unspecified atom stereocenters. The number of hydrogen-bond donors (Lipinski definition) is 2. The zero-order valence-electron chi connectivity index (χ0n) is 11.3. The van der Waals surface area contributed by atoms with Crippen LogP contribution in [-0.2, 0) is 0 Å². The molecule has 1 saturated heterocycles. The van der Waals surface area contributed by atoms with Gasteiger partial charge < -0.3 is 15.7 Å². The van der Waals surface area contributed by atoms with Crippen molar-refractivity contribution in [2.24, 2.45) is 0 Å². The van der Waals surface area contributed by atoms with E-state index in [0.29, 0.717) is 6.54 Å². The maximum atomic E-state index is 10.1. The van der Waals surface area contributed by atoms with Crippen molar-refractivity contribution < 1.29 is 5.11 Å². The van der Waals surface area contributed by atoms with Crippen LogP contribution < -0.4 is 10.6 Å². The molecule has 19 heavy (non-hydrogen) atoms. The Morgan fingerprint density at radius 1 is 1.37 bits per heavy atom. The van der Waals surface area contributed by atoms with Crippen molar-refractivity contribution in [1.82, 2.24) is 4.98 Å². The van der Waals surface area contributed by atoms with Crippen molar-refractivity contribution in [3.05, 3.63) is 30.0 Å². The summed E-state index contributed by atoms with van der Waals surface area (Å²) in [5, 5.41) is 11.2. The monoisotopic (exact) mass is 257 g/mol. The summed E-state index contributed by atoms with van der Waals surface area (Å²) in [6.07, 6.45) is 0.790. The summed E-state index contributed by atoms with van der Waals surface area (Å²) in [6.45, 7) is 5.39. The first kappa shape index (κ1) is 12.2. The second-order valence-corrected chi connectivity index (χ2v) is 5.73. The van der Waals surface area contributed by atoms with Crippen molar-refractivity contribution in [3.8, 4) is 0 Å². The van der Waals surface area contributed by atoms with Gasteiger partial charge in [0.15, 0.2) is 0 Å². The largest absolute Gasteiger partial charge is 0.399 e. The molecule has 0 aliphatic carbocycles. The first-order chi connectivity index (χ1) is 8.94.